The molecule has 5 heteroatoms. The molecule has 0 unspecified atom stereocenters. The fourth-order valence-corrected chi connectivity index (χ4v) is 6.70. The number of hydrogen-bond acceptors (Lipinski definition) is 2. The lowest BCUT2D eigenvalue weighted by molar-refractivity contribution is -0.919. The van der Waals surface area contributed by atoms with Crippen LogP contribution in [-0.2, 0) is 25.8 Å². The smallest absolute Gasteiger partial charge is 0.259 e. The topological polar surface area (TPSA) is 33.5 Å². The van der Waals surface area contributed by atoms with E-state index in [1.54, 1.807) is 34.4 Å². The monoisotopic (exact) mass is 463 g/mol. The number of nitrogens with one attached hydrogen (secondary N) is 2. The van der Waals surface area contributed by atoms with Crippen molar-refractivity contribution in [2.75, 3.05) is 18.4 Å². The van der Waals surface area contributed by atoms with E-state index in [-0.39, 0.29) is 11.5 Å². The lowest BCUT2D eigenvalue weighted by atomic mass is 9.89. The molecular formula is C28H32FN2OS+. The van der Waals surface area contributed by atoms with Crippen molar-refractivity contribution in [3.05, 3.63) is 87.5 Å². The van der Waals surface area contributed by atoms with Crippen LogP contribution in [0.5, 0.6) is 0 Å². The van der Waals surface area contributed by atoms with Crippen molar-refractivity contribution < 1.29 is 14.1 Å². The average Bonchev–Trinajstić information content (AvgIpc) is 3.18. The maximum absolute atomic E-state index is 14.2. The van der Waals surface area contributed by atoms with Gasteiger partial charge in [0.1, 0.15) is 17.4 Å². The molecule has 1 aliphatic carbocycles. The van der Waals surface area contributed by atoms with E-state index in [0.29, 0.717) is 0 Å². The van der Waals surface area contributed by atoms with Gasteiger partial charge in [-0.15, -0.1) is 11.3 Å². The van der Waals surface area contributed by atoms with Crippen molar-refractivity contribution in [3.8, 4) is 0 Å². The molecule has 0 saturated carbocycles. The third-order valence-electron chi connectivity index (χ3n) is 7.23. The number of carbonyl (C=O) groups is 1. The van der Waals surface area contributed by atoms with Gasteiger partial charge in [-0.05, 0) is 74.1 Å². The first-order chi connectivity index (χ1) is 16.2. The number of halogens is 1. The molecule has 1 aromatic heterocycles. The number of thiophene rings is 1. The van der Waals surface area contributed by atoms with Crippen LogP contribution < -0.4 is 10.2 Å². The Hall–Kier alpha value is -2.50. The number of amides is 1. The highest BCUT2D eigenvalue weighted by Crippen LogP contribution is 2.38. The third kappa shape index (κ3) is 5.20. The highest BCUT2D eigenvalue weighted by molar-refractivity contribution is 7.16. The summed E-state index contributed by atoms with van der Waals surface area (Å²) >= 11 is 1.71. The van der Waals surface area contributed by atoms with Crippen molar-refractivity contribution in [3.63, 3.8) is 0 Å². The predicted molar refractivity (Wildman–Crippen MR) is 133 cm³/mol. The van der Waals surface area contributed by atoms with Crippen LogP contribution in [0.4, 0.5) is 9.39 Å². The highest BCUT2D eigenvalue weighted by Gasteiger charge is 2.28. The summed E-state index contributed by atoms with van der Waals surface area (Å²) in [5.41, 5.74) is 4.31. The first-order valence-corrected chi connectivity index (χ1v) is 13.1. The highest BCUT2D eigenvalue weighted by atomic mass is 32.1. The van der Waals surface area contributed by atoms with Gasteiger partial charge in [0.25, 0.3) is 5.91 Å². The summed E-state index contributed by atoms with van der Waals surface area (Å²) in [7, 11) is 0. The standard InChI is InChI=1S/C28H31FN2OS/c29-25-12-6-4-11-23(25)27(32)30-28-24(22-10-5-7-13-26(22)33-28)19-31-16-14-21(15-17-31)18-20-8-2-1-3-9-20/h1-4,6,8-9,11-12,21H,5,7,10,13-19H2,(H,30,32)/p+1. The molecule has 0 bridgehead atoms. The molecule has 2 N–H and O–H groups in total. The summed E-state index contributed by atoms with van der Waals surface area (Å²) in [6, 6.07) is 17.1. The van der Waals surface area contributed by atoms with Crippen LogP contribution in [0.1, 0.15) is 57.6 Å². The van der Waals surface area contributed by atoms with Crippen LogP contribution in [0.25, 0.3) is 0 Å². The number of anilines is 1. The second-order valence-electron chi connectivity index (χ2n) is 9.51. The number of hydrogen-bond donors (Lipinski definition) is 2. The van der Waals surface area contributed by atoms with Gasteiger partial charge in [0.15, 0.2) is 0 Å². The summed E-state index contributed by atoms with van der Waals surface area (Å²) in [6.07, 6.45) is 8.28. The van der Waals surface area contributed by atoms with Gasteiger partial charge in [-0.3, -0.25) is 4.79 Å². The van der Waals surface area contributed by atoms with E-state index >= 15 is 0 Å². The van der Waals surface area contributed by atoms with Gasteiger partial charge in [-0.25, -0.2) is 4.39 Å². The third-order valence-corrected chi connectivity index (χ3v) is 8.48. The molecule has 0 spiro atoms. The molecular weight excluding hydrogens is 431 g/mol. The van der Waals surface area contributed by atoms with E-state index in [2.05, 4.69) is 35.6 Å². The number of fused-ring (bicyclic) bond motifs is 1. The molecule has 1 aliphatic heterocycles. The first-order valence-electron chi connectivity index (χ1n) is 12.2. The number of carbonyl (C=O) groups excluding carboxylic acids is 1. The minimum Gasteiger partial charge on any atom is -0.331 e. The SMILES string of the molecule is O=C(Nc1sc2c(c1C[NH+]1CCC(Cc3ccccc3)CC1)CCCC2)c1ccccc1F. The lowest BCUT2D eigenvalue weighted by Crippen LogP contribution is -3.11. The van der Waals surface area contributed by atoms with Crippen LogP contribution in [0.15, 0.2) is 54.6 Å². The van der Waals surface area contributed by atoms with Crippen LogP contribution in [0.2, 0.25) is 0 Å². The molecule has 0 atom stereocenters. The van der Waals surface area contributed by atoms with Crippen LogP contribution in [0, 0.1) is 11.7 Å². The van der Waals surface area contributed by atoms with Gasteiger partial charge in [-0.1, -0.05) is 42.5 Å². The minimum absolute atomic E-state index is 0.115. The van der Waals surface area contributed by atoms with E-state index in [1.165, 1.54) is 72.8 Å². The molecule has 2 aromatic carbocycles. The van der Waals surface area contributed by atoms with Crippen molar-refractivity contribution in [1.82, 2.24) is 0 Å². The second kappa shape index (κ2) is 10.2. The zero-order valence-electron chi connectivity index (χ0n) is 19.0. The molecule has 33 heavy (non-hydrogen) atoms. The molecule has 172 valence electrons. The molecule has 1 amide bonds. The van der Waals surface area contributed by atoms with Gasteiger partial charge >= 0.3 is 0 Å². The zero-order valence-corrected chi connectivity index (χ0v) is 19.9. The molecule has 5 rings (SSSR count). The fourth-order valence-electron chi connectivity index (χ4n) is 5.40. The first kappa shape index (κ1) is 22.3. The second-order valence-corrected chi connectivity index (χ2v) is 10.6. The van der Waals surface area contributed by atoms with Crippen molar-refractivity contribution in [2.24, 2.45) is 5.92 Å². The number of quaternary nitrogens is 1. The van der Waals surface area contributed by atoms with Gasteiger partial charge in [0.2, 0.25) is 0 Å². The van der Waals surface area contributed by atoms with E-state index < -0.39 is 5.82 Å². The number of likely N-dealkylation sites (tertiary alicyclic amines) is 1. The van der Waals surface area contributed by atoms with Crippen LogP contribution >= 0.6 is 11.3 Å². The number of aryl methyl sites for hydroxylation is 1. The molecule has 0 radical (unpaired) electrons. The predicted octanol–water partition coefficient (Wildman–Crippen LogP) is 5.06. The Labute approximate surface area is 199 Å². The molecule has 1 fully saturated rings. The Morgan fingerprint density at radius 1 is 1.00 bits per heavy atom. The molecule has 3 nitrogen and oxygen atoms in total. The van der Waals surface area contributed by atoms with Crippen molar-refractivity contribution in [1.29, 1.82) is 0 Å². The summed E-state index contributed by atoms with van der Waals surface area (Å²) in [4.78, 5) is 15.9. The number of benzene rings is 2. The maximum atomic E-state index is 14.2. The molecule has 3 aromatic rings. The Morgan fingerprint density at radius 3 is 2.52 bits per heavy atom. The van der Waals surface area contributed by atoms with Crippen LogP contribution in [-0.4, -0.2) is 19.0 Å². The normalized spacial score (nSPS) is 20.3. The maximum Gasteiger partial charge on any atom is 0.259 e. The van der Waals surface area contributed by atoms with Crippen LogP contribution in [0.3, 0.4) is 0 Å². The Balaban J connectivity index is 1.28. The molecule has 2 aliphatic rings. The fraction of sp³-hybridized carbons (Fsp3) is 0.393. The summed E-state index contributed by atoms with van der Waals surface area (Å²) in [5.74, 6) is -0.0544. The quantitative estimate of drug-likeness (QED) is 0.527. The minimum atomic E-state index is -0.469. The Morgan fingerprint density at radius 2 is 1.73 bits per heavy atom. The van der Waals surface area contributed by atoms with Gasteiger partial charge < -0.3 is 10.2 Å². The average molecular weight is 464 g/mol. The zero-order chi connectivity index (χ0) is 22.6. The van der Waals surface area contributed by atoms with Gasteiger partial charge in [0, 0.05) is 10.4 Å². The lowest BCUT2D eigenvalue weighted by Gasteiger charge is -2.30. The van der Waals surface area contributed by atoms with Crippen molar-refractivity contribution in [2.45, 2.75) is 51.5 Å². The number of rotatable bonds is 6. The Kier molecular flexibility index (Phi) is 6.88. The summed E-state index contributed by atoms with van der Waals surface area (Å²) < 4.78 is 14.2. The van der Waals surface area contributed by atoms with Gasteiger partial charge in [-0.2, -0.15) is 0 Å². The van der Waals surface area contributed by atoms with E-state index in [1.807, 2.05) is 0 Å². The van der Waals surface area contributed by atoms with E-state index in [4.69, 9.17) is 0 Å². The van der Waals surface area contributed by atoms with Gasteiger partial charge in [0.05, 0.1) is 18.7 Å². The largest absolute Gasteiger partial charge is 0.331 e. The van der Waals surface area contributed by atoms with E-state index in [9.17, 15) is 9.18 Å². The molecule has 1 saturated heterocycles. The molecule has 2 heterocycles. The summed E-state index contributed by atoms with van der Waals surface area (Å²) in [5, 5.41) is 4.02. The van der Waals surface area contributed by atoms with Crippen molar-refractivity contribution >= 4 is 22.2 Å². The Bertz CT molecular complexity index is 1100. The summed E-state index contributed by atoms with van der Waals surface area (Å²) in [6.45, 7) is 3.29. The number of piperidine rings is 1. The van der Waals surface area contributed by atoms with E-state index in [0.717, 1.165) is 30.3 Å².